The van der Waals surface area contributed by atoms with E-state index < -0.39 is 10.7 Å². The summed E-state index contributed by atoms with van der Waals surface area (Å²) in [5.74, 6) is -0.778. The predicted molar refractivity (Wildman–Crippen MR) is 113 cm³/mol. The molecule has 6 heteroatoms. The van der Waals surface area contributed by atoms with Crippen LogP contribution in [0.15, 0.2) is 42.5 Å². The summed E-state index contributed by atoms with van der Waals surface area (Å²) in [6.45, 7) is 4.20. The highest BCUT2D eigenvalue weighted by Gasteiger charge is 2.25. The monoisotopic (exact) mass is 399 g/mol. The fraction of sp³-hybridized carbons (Fsp3) is 0.435. The summed E-state index contributed by atoms with van der Waals surface area (Å²) in [4.78, 5) is 23.7. The molecule has 0 aliphatic rings. The Morgan fingerprint density at radius 3 is 2.34 bits per heavy atom. The van der Waals surface area contributed by atoms with Crippen molar-refractivity contribution in [2.75, 3.05) is 0 Å². The molecule has 29 heavy (non-hydrogen) atoms. The van der Waals surface area contributed by atoms with E-state index in [4.69, 9.17) is 4.74 Å². The molecule has 0 aliphatic carbocycles. The number of carbonyl (C=O) groups is 1. The van der Waals surface area contributed by atoms with Gasteiger partial charge in [0.2, 0.25) is 5.75 Å². The van der Waals surface area contributed by atoms with Crippen molar-refractivity contribution in [2.24, 2.45) is 0 Å². The lowest BCUT2D eigenvalue weighted by Gasteiger charge is -2.19. The molecule has 2 aromatic rings. The number of ether oxygens (including phenoxy) is 1. The number of nitro groups is 1. The lowest BCUT2D eigenvalue weighted by Crippen LogP contribution is -2.17. The van der Waals surface area contributed by atoms with Gasteiger partial charge in [0.15, 0.2) is 5.78 Å². The van der Waals surface area contributed by atoms with E-state index in [1.807, 2.05) is 0 Å². The zero-order chi connectivity index (χ0) is 21.2. The molecule has 0 spiro atoms. The van der Waals surface area contributed by atoms with E-state index in [0.29, 0.717) is 5.56 Å². The summed E-state index contributed by atoms with van der Waals surface area (Å²) >= 11 is 0. The molecule has 0 fully saturated rings. The lowest BCUT2D eigenvalue weighted by molar-refractivity contribution is -0.386. The van der Waals surface area contributed by atoms with Crippen molar-refractivity contribution >= 4 is 11.5 Å². The Bertz CT molecular complexity index is 820. The van der Waals surface area contributed by atoms with Crippen LogP contribution in [0.2, 0.25) is 0 Å². The molecular weight excluding hydrogens is 370 g/mol. The van der Waals surface area contributed by atoms with Crippen molar-refractivity contribution in [3.8, 4) is 11.5 Å². The van der Waals surface area contributed by atoms with Crippen molar-refractivity contribution in [1.29, 1.82) is 0 Å². The molecule has 0 saturated carbocycles. The van der Waals surface area contributed by atoms with Gasteiger partial charge in [-0.2, -0.15) is 0 Å². The summed E-state index contributed by atoms with van der Waals surface area (Å²) in [5.41, 5.74) is -0.0587. The van der Waals surface area contributed by atoms with Crippen LogP contribution in [-0.2, 0) is 0 Å². The largest absolute Gasteiger partial charge is 0.507 e. The summed E-state index contributed by atoms with van der Waals surface area (Å²) in [6, 6.07) is 10.7. The maximum absolute atomic E-state index is 12.7. The highest BCUT2D eigenvalue weighted by Crippen LogP contribution is 2.36. The van der Waals surface area contributed by atoms with E-state index in [2.05, 4.69) is 13.8 Å². The van der Waals surface area contributed by atoms with Crippen LogP contribution in [0.4, 0.5) is 5.69 Å². The second-order valence-electron chi connectivity index (χ2n) is 7.17. The first-order valence-electron chi connectivity index (χ1n) is 10.3. The molecule has 0 saturated heterocycles. The van der Waals surface area contributed by atoms with Gasteiger partial charge < -0.3 is 9.84 Å². The van der Waals surface area contributed by atoms with E-state index in [1.165, 1.54) is 6.07 Å². The molecule has 1 atom stereocenters. The molecule has 0 amide bonds. The van der Waals surface area contributed by atoms with Gasteiger partial charge in [0, 0.05) is 17.7 Å². The van der Waals surface area contributed by atoms with Gasteiger partial charge in [-0.25, -0.2) is 0 Å². The SMILES string of the molecule is CCCCCC(CCCC)Oc1cc(O)c(C(=O)c2ccccc2)cc1[N+](=O)[O-]. The average Bonchev–Trinajstić information content (AvgIpc) is 2.72. The summed E-state index contributed by atoms with van der Waals surface area (Å²) in [7, 11) is 0. The normalized spacial score (nSPS) is 11.8. The Morgan fingerprint density at radius 1 is 1.07 bits per heavy atom. The second kappa shape index (κ2) is 11.2. The van der Waals surface area contributed by atoms with Crippen LogP contribution in [-0.4, -0.2) is 21.9 Å². The first-order chi connectivity index (χ1) is 14.0. The maximum atomic E-state index is 12.7. The van der Waals surface area contributed by atoms with Gasteiger partial charge in [-0.15, -0.1) is 0 Å². The van der Waals surface area contributed by atoms with Crippen LogP contribution < -0.4 is 4.74 Å². The van der Waals surface area contributed by atoms with Gasteiger partial charge in [-0.3, -0.25) is 14.9 Å². The van der Waals surface area contributed by atoms with E-state index in [1.54, 1.807) is 30.3 Å². The maximum Gasteiger partial charge on any atom is 0.311 e. The number of hydrogen-bond acceptors (Lipinski definition) is 5. The minimum Gasteiger partial charge on any atom is -0.507 e. The third kappa shape index (κ3) is 6.31. The molecule has 0 heterocycles. The Hall–Kier alpha value is -2.89. The minimum atomic E-state index is -0.570. The molecule has 1 unspecified atom stereocenters. The summed E-state index contributed by atoms with van der Waals surface area (Å²) in [5, 5.41) is 22.0. The quantitative estimate of drug-likeness (QED) is 0.203. The fourth-order valence-corrected chi connectivity index (χ4v) is 3.22. The molecule has 156 valence electrons. The molecule has 0 aromatic heterocycles. The molecule has 6 nitrogen and oxygen atoms in total. The minimum absolute atomic E-state index is 0.00899. The third-order valence-corrected chi connectivity index (χ3v) is 4.86. The second-order valence-corrected chi connectivity index (χ2v) is 7.17. The van der Waals surface area contributed by atoms with Crippen molar-refractivity contribution in [3.05, 3.63) is 63.7 Å². The summed E-state index contributed by atoms with van der Waals surface area (Å²) < 4.78 is 5.96. The van der Waals surface area contributed by atoms with Crippen LogP contribution in [0.1, 0.15) is 74.7 Å². The first kappa shape index (κ1) is 22.4. The van der Waals surface area contributed by atoms with Crippen molar-refractivity contribution in [3.63, 3.8) is 0 Å². The lowest BCUT2D eigenvalue weighted by atomic mass is 10.0. The number of nitrogens with zero attached hydrogens (tertiary/aromatic N) is 1. The van der Waals surface area contributed by atoms with Gasteiger partial charge in [-0.1, -0.05) is 69.9 Å². The van der Waals surface area contributed by atoms with Crippen molar-refractivity contribution in [2.45, 2.75) is 64.9 Å². The van der Waals surface area contributed by atoms with Gasteiger partial charge in [-0.05, 0) is 19.3 Å². The van der Waals surface area contributed by atoms with Crippen LogP contribution in [0.3, 0.4) is 0 Å². The Morgan fingerprint density at radius 2 is 1.72 bits per heavy atom. The number of aromatic hydroxyl groups is 1. The summed E-state index contributed by atoms with van der Waals surface area (Å²) in [6.07, 6.45) is 6.54. The standard InChI is InChI=1S/C23H29NO5/c1-3-5-8-14-18(13-6-4-2)29-22-16-21(25)19(15-20(22)24(27)28)23(26)17-11-9-7-10-12-17/h7,9-12,15-16,18,25H,3-6,8,13-14H2,1-2H3. The number of ketones is 1. The highest BCUT2D eigenvalue weighted by atomic mass is 16.6. The van der Waals surface area contributed by atoms with Crippen molar-refractivity contribution in [1.82, 2.24) is 0 Å². The van der Waals surface area contributed by atoms with Crippen LogP contribution >= 0.6 is 0 Å². The van der Waals surface area contributed by atoms with Crippen LogP contribution in [0.25, 0.3) is 0 Å². The Labute approximate surface area is 171 Å². The van der Waals surface area contributed by atoms with Gasteiger partial charge >= 0.3 is 5.69 Å². The highest BCUT2D eigenvalue weighted by molar-refractivity contribution is 6.11. The van der Waals surface area contributed by atoms with E-state index in [-0.39, 0.29) is 28.9 Å². The number of phenols is 1. The third-order valence-electron chi connectivity index (χ3n) is 4.86. The number of carbonyl (C=O) groups excluding carboxylic acids is 1. The zero-order valence-electron chi connectivity index (χ0n) is 17.1. The fourth-order valence-electron chi connectivity index (χ4n) is 3.22. The van der Waals surface area contributed by atoms with Gasteiger partial charge in [0.25, 0.3) is 0 Å². The molecule has 0 radical (unpaired) electrons. The molecule has 1 N–H and O–H groups in total. The molecular formula is C23H29NO5. The van der Waals surface area contributed by atoms with Crippen molar-refractivity contribution < 1.29 is 19.6 Å². The topological polar surface area (TPSA) is 89.7 Å². The average molecular weight is 399 g/mol. The number of benzene rings is 2. The zero-order valence-corrected chi connectivity index (χ0v) is 17.1. The Balaban J connectivity index is 2.32. The number of rotatable bonds is 12. The number of phenolic OH excluding ortho intramolecular Hbond substituents is 1. The number of unbranched alkanes of at least 4 members (excludes halogenated alkanes) is 3. The van der Waals surface area contributed by atoms with Crippen LogP contribution in [0.5, 0.6) is 11.5 Å². The Kier molecular flexibility index (Phi) is 8.65. The first-order valence-corrected chi connectivity index (χ1v) is 10.3. The van der Waals surface area contributed by atoms with E-state index >= 15 is 0 Å². The smallest absolute Gasteiger partial charge is 0.311 e. The molecule has 0 bridgehead atoms. The van der Waals surface area contributed by atoms with E-state index in [0.717, 1.165) is 51.0 Å². The van der Waals surface area contributed by atoms with Gasteiger partial charge in [0.05, 0.1) is 16.6 Å². The molecule has 2 aromatic carbocycles. The van der Waals surface area contributed by atoms with Crippen LogP contribution in [0, 0.1) is 10.1 Å². The molecule has 2 rings (SSSR count). The molecule has 0 aliphatic heterocycles. The van der Waals surface area contributed by atoms with Gasteiger partial charge in [0.1, 0.15) is 5.75 Å². The number of hydrogen-bond donors (Lipinski definition) is 1. The predicted octanol–water partition coefficient (Wildman–Crippen LogP) is 6.05. The van der Waals surface area contributed by atoms with E-state index in [9.17, 15) is 20.0 Å². The number of nitro benzene ring substituents is 1.